The van der Waals surface area contributed by atoms with Crippen LogP contribution in [0.4, 0.5) is 20.2 Å². The molecule has 0 bridgehead atoms. The minimum Gasteiger partial charge on any atom is -0.390 e. The maximum Gasteiger partial charge on any atom is 0.287 e. The van der Waals surface area contributed by atoms with Gasteiger partial charge in [0.25, 0.3) is 11.6 Å². The summed E-state index contributed by atoms with van der Waals surface area (Å²) in [5, 5.41) is 22.6. The fraction of sp³-hybridized carbons (Fsp3) is 0.250. The number of anilines is 1. The second-order valence-electron chi connectivity index (χ2n) is 4.18. The molecule has 2 aromatic rings. The lowest BCUT2D eigenvalue weighted by Crippen LogP contribution is -2.31. The number of aromatic nitrogens is 1. The van der Waals surface area contributed by atoms with Gasteiger partial charge in [0.1, 0.15) is 6.61 Å². The summed E-state index contributed by atoms with van der Waals surface area (Å²) in [6, 6.07) is 4.03. The molecular formula is C12H11F2N3O3. The summed E-state index contributed by atoms with van der Waals surface area (Å²) in [4.78, 5) is 14.2. The van der Waals surface area contributed by atoms with E-state index in [0.717, 1.165) is 0 Å². The molecule has 0 saturated carbocycles. The van der Waals surface area contributed by atoms with E-state index in [9.17, 15) is 18.9 Å². The third-order valence-corrected chi connectivity index (χ3v) is 2.76. The van der Waals surface area contributed by atoms with Crippen LogP contribution in [0.2, 0.25) is 0 Å². The summed E-state index contributed by atoms with van der Waals surface area (Å²) in [7, 11) is 0. The van der Waals surface area contributed by atoms with Gasteiger partial charge in [-0.15, -0.1) is 0 Å². The Morgan fingerprint density at radius 1 is 1.35 bits per heavy atom. The number of rotatable bonds is 5. The second kappa shape index (κ2) is 5.33. The molecule has 6 nitrogen and oxygen atoms in total. The molecule has 0 aliphatic carbocycles. The Morgan fingerprint density at radius 2 is 2.10 bits per heavy atom. The van der Waals surface area contributed by atoms with Crippen molar-refractivity contribution in [1.82, 2.24) is 4.98 Å². The number of fused-ring (bicyclic) bond motifs is 1. The number of nitro groups is 1. The van der Waals surface area contributed by atoms with Gasteiger partial charge in [0.05, 0.1) is 16.9 Å². The first kappa shape index (κ1) is 14.1. The van der Waals surface area contributed by atoms with E-state index in [2.05, 4.69) is 10.3 Å². The van der Waals surface area contributed by atoms with E-state index in [1.807, 2.05) is 0 Å². The molecule has 0 amide bonds. The van der Waals surface area contributed by atoms with Crippen LogP contribution in [0.3, 0.4) is 0 Å². The van der Waals surface area contributed by atoms with Crippen LogP contribution < -0.4 is 5.32 Å². The number of benzene rings is 1. The first-order valence-electron chi connectivity index (χ1n) is 5.68. The molecule has 2 rings (SSSR count). The van der Waals surface area contributed by atoms with Crippen molar-refractivity contribution in [2.45, 2.75) is 5.92 Å². The molecule has 0 radical (unpaired) electrons. The highest BCUT2D eigenvalue weighted by Gasteiger charge is 2.27. The maximum atomic E-state index is 13.0. The number of aliphatic hydroxyl groups excluding tert-OH is 1. The Labute approximate surface area is 112 Å². The van der Waals surface area contributed by atoms with Crippen molar-refractivity contribution in [3.05, 3.63) is 40.7 Å². The lowest BCUT2D eigenvalue weighted by molar-refractivity contribution is -0.383. The number of hydrogen-bond acceptors (Lipinski definition) is 5. The molecule has 20 heavy (non-hydrogen) atoms. The zero-order valence-corrected chi connectivity index (χ0v) is 10.2. The van der Waals surface area contributed by atoms with Crippen molar-refractivity contribution in [3.8, 4) is 0 Å². The van der Waals surface area contributed by atoms with Gasteiger partial charge in [-0.1, -0.05) is 0 Å². The van der Waals surface area contributed by atoms with Gasteiger partial charge in [-0.25, -0.2) is 8.78 Å². The SMILES string of the molecule is O=[N+]([O-])c1ccc(NCC(F)(F)CO)c2cnccc12. The number of alkyl halides is 2. The summed E-state index contributed by atoms with van der Waals surface area (Å²) in [5.41, 5.74) is 0.175. The normalized spacial score (nSPS) is 11.6. The van der Waals surface area contributed by atoms with Crippen molar-refractivity contribution in [2.75, 3.05) is 18.5 Å². The molecule has 0 fully saturated rings. The molecule has 0 aliphatic heterocycles. The van der Waals surface area contributed by atoms with Crippen LogP contribution in [0.5, 0.6) is 0 Å². The summed E-state index contributed by atoms with van der Waals surface area (Å²) < 4.78 is 26.0. The van der Waals surface area contributed by atoms with Crippen molar-refractivity contribution >= 4 is 22.1 Å². The topological polar surface area (TPSA) is 88.3 Å². The van der Waals surface area contributed by atoms with E-state index in [-0.39, 0.29) is 5.69 Å². The van der Waals surface area contributed by atoms with E-state index >= 15 is 0 Å². The van der Waals surface area contributed by atoms with Gasteiger partial charge in [-0.2, -0.15) is 0 Å². The Bertz CT molecular complexity index is 649. The molecule has 2 N–H and O–H groups in total. The molecule has 0 saturated heterocycles. The van der Waals surface area contributed by atoms with E-state index < -0.39 is 24.0 Å². The Kier molecular flexibility index (Phi) is 3.75. The molecule has 1 aromatic heterocycles. The van der Waals surface area contributed by atoms with E-state index in [1.165, 1.54) is 30.6 Å². The van der Waals surface area contributed by atoms with Crippen LogP contribution in [-0.4, -0.2) is 34.1 Å². The Balaban J connectivity index is 2.41. The number of nitro benzene ring substituents is 1. The molecular weight excluding hydrogens is 272 g/mol. The minimum absolute atomic E-state index is 0.123. The average molecular weight is 283 g/mol. The largest absolute Gasteiger partial charge is 0.390 e. The molecule has 8 heteroatoms. The number of non-ortho nitro benzene ring substituents is 1. The number of pyridine rings is 1. The van der Waals surface area contributed by atoms with Crippen molar-refractivity contribution in [2.24, 2.45) is 0 Å². The molecule has 106 valence electrons. The number of hydrogen-bond donors (Lipinski definition) is 2. The monoisotopic (exact) mass is 283 g/mol. The molecule has 0 aliphatic rings. The number of aliphatic hydroxyl groups is 1. The van der Waals surface area contributed by atoms with Gasteiger partial charge >= 0.3 is 0 Å². The predicted molar refractivity (Wildman–Crippen MR) is 68.9 cm³/mol. The minimum atomic E-state index is -3.27. The van der Waals surface area contributed by atoms with Crippen LogP contribution in [0, 0.1) is 10.1 Å². The first-order valence-corrected chi connectivity index (χ1v) is 5.68. The van der Waals surface area contributed by atoms with Gasteiger partial charge in [-0.05, 0) is 12.1 Å². The maximum absolute atomic E-state index is 13.0. The van der Waals surface area contributed by atoms with E-state index in [1.54, 1.807) is 0 Å². The summed E-state index contributed by atoms with van der Waals surface area (Å²) in [6.07, 6.45) is 2.75. The van der Waals surface area contributed by atoms with Crippen molar-refractivity contribution in [3.63, 3.8) is 0 Å². The van der Waals surface area contributed by atoms with Gasteiger partial charge < -0.3 is 10.4 Å². The zero-order chi connectivity index (χ0) is 14.8. The molecule has 0 unspecified atom stereocenters. The number of nitrogens with one attached hydrogen (secondary N) is 1. The number of nitrogens with zero attached hydrogens (tertiary/aromatic N) is 2. The molecule has 0 spiro atoms. The number of halogens is 2. The van der Waals surface area contributed by atoms with E-state index in [4.69, 9.17) is 5.11 Å². The second-order valence-corrected chi connectivity index (χ2v) is 4.18. The molecule has 0 atom stereocenters. The third kappa shape index (κ3) is 2.80. The fourth-order valence-corrected chi connectivity index (χ4v) is 1.77. The standard InChI is InChI=1S/C12H11F2N3O3/c13-12(14,7-18)6-16-10-1-2-11(17(19)20)8-3-4-15-5-9(8)10/h1-5,16,18H,6-7H2. The van der Waals surface area contributed by atoms with Gasteiger partial charge in [0.2, 0.25) is 0 Å². The van der Waals surface area contributed by atoms with Crippen LogP contribution in [0.25, 0.3) is 10.8 Å². The zero-order valence-electron chi connectivity index (χ0n) is 10.2. The lowest BCUT2D eigenvalue weighted by atomic mass is 10.1. The van der Waals surface area contributed by atoms with Gasteiger partial charge in [0, 0.05) is 29.5 Å². The van der Waals surface area contributed by atoms with Crippen LogP contribution >= 0.6 is 0 Å². The molecule has 1 aromatic carbocycles. The first-order chi connectivity index (χ1) is 9.44. The third-order valence-electron chi connectivity index (χ3n) is 2.76. The Hall–Kier alpha value is -2.35. The lowest BCUT2D eigenvalue weighted by Gasteiger charge is -2.16. The average Bonchev–Trinajstić information content (AvgIpc) is 2.44. The van der Waals surface area contributed by atoms with E-state index in [0.29, 0.717) is 16.5 Å². The van der Waals surface area contributed by atoms with Crippen LogP contribution in [-0.2, 0) is 0 Å². The van der Waals surface area contributed by atoms with Gasteiger partial charge in [-0.3, -0.25) is 15.1 Å². The van der Waals surface area contributed by atoms with Crippen LogP contribution in [0.15, 0.2) is 30.6 Å². The van der Waals surface area contributed by atoms with Crippen LogP contribution in [0.1, 0.15) is 0 Å². The smallest absolute Gasteiger partial charge is 0.287 e. The quantitative estimate of drug-likeness (QED) is 0.648. The summed E-state index contributed by atoms with van der Waals surface area (Å²) in [6.45, 7) is -2.05. The van der Waals surface area contributed by atoms with Crippen molar-refractivity contribution in [1.29, 1.82) is 0 Å². The highest BCUT2D eigenvalue weighted by atomic mass is 19.3. The highest BCUT2D eigenvalue weighted by molar-refractivity contribution is 5.99. The molecule has 1 heterocycles. The summed E-state index contributed by atoms with van der Waals surface area (Å²) in [5.74, 6) is -3.27. The van der Waals surface area contributed by atoms with Gasteiger partial charge in [0.15, 0.2) is 0 Å². The Morgan fingerprint density at radius 3 is 2.75 bits per heavy atom. The highest BCUT2D eigenvalue weighted by Crippen LogP contribution is 2.31. The predicted octanol–water partition coefficient (Wildman–Crippen LogP) is 2.18. The fourth-order valence-electron chi connectivity index (χ4n) is 1.77. The summed E-state index contributed by atoms with van der Waals surface area (Å²) >= 11 is 0. The van der Waals surface area contributed by atoms with Crippen molar-refractivity contribution < 1.29 is 18.8 Å².